The van der Waals surface area contributed by atoms with Crippen molar-refractivity contribution in [2.45, 2.75) is 43.0 Å². The largest absolute Gasteiger partial charge is 0.378 e. The van der Waals surface area contributed by atoms with Crippen LogP contribution in [0.4, 0.5) is 5.69 Å². The predicted octanol–water partition coefficient (Wildman–Crippen LogP) is 3.68. The van der Waals surface area contributed by atoms with Crippen LogP contribution >= 0.6 is 11.8 Å². The van der Waals surface area contributed by atoms with Crippen molar-refractivity contribution in [1.29, 1.82) is 5.26 Å². The molecule has 146 valence electrons. The Kier molecular flexibility index (Phi) is 5.86. The van der Waals surface area contributed by atoms with Crippen molar-refractivity contribution in [1.82, 2.24) is 10.3 Å². The van der Waals surface area contributed by atoms with Gasteiger partial charge in [-0.05, 0) is 55.0 Å². The Balaban J connectivity index is 1.38. The van der Waals surface area contributed by atoms with Gasteiger partial charge in [0.1, 0.15) is 17.3 Å². The Labute approximate surface area is 171 Å². The second kappa shape index (κ2) is 8.52. The summed E-state index contributed by atoms with van der Waals surface area (Å²) in [7, 11) is 4.08. The lowest BCUT2D eigenvalue weighted by Crippen LogP contribution is -2.17. The summed E-state index contributed by atoms with van der Waals surface area (Å²) < 4.78 is 6.20. The number of anilines is 1. The zero-order chi connectivity index (χ0) is 19.5. The summed E-state index contributed by atoms with van der Waals surface area (Å²) in [5.74, 6) is 0.791. The number of fused-ring (bicyclic) bond motifs is 1. The second-order valence-corrected chi connectivity index (χ2v) is 8.62. The van der Waals surface area contributed by atoms with Gasteiger partial charge in [0.25, 0.3) is 0 Å². The molecular weight excluding hydrogens is 368 g/mol. The molecule has 4 rings (SSSR count). The summed E-state index contributed by atoms with van der Waals surface area (Å²) in [5, 5.41) is 13.8. The van der Waals surface area contributed by atoms with Crippen LogP contribution in [-0.2, 0) is 17.6 Å². The van der Waals surface area contributed by atoms with Crippen LogP contribution in [0.3, 0.4) is 0 Å². The van der Waals surface area contributed by atoms with E-state index in [1.807, 2.05) is 20.2 Å². The molecule has 1 saturated heterocycles. The van der Waals surface area contributed by atoms with Gasteiger partial charge in [-0.1, -0.05) is 12.1 Å². The van der Waals surface area contributed by atoms with E-state index in [1.165, 1.54) is 29.8 Å². The van der Waals surface area contributed by atoms with E-state index in [0.717, 1.165) is 35.7 Å². The van der Waals surface area contributed by atoms with E-state index in [-0.39, 0.29) is 12.3 Å². The monoisotopic (exact) mass is 394 g/mol. The van der Waals surface area contributed by atoms with Crippen molar-refractivity contribution >= 4 is 17.4 Å². The summed E-state index contributed by atoms with van der Waals surface area (Å²) in [6, 6.07) is 12.8. The van der Waals surface area contributed by atoms with Gasteiger partial charge in [0, 0.05) is 37.8 Å². The van der Waals surface area contributed by atoms with Crippen molar-refractivity contribution in [3.63, 3.8) is 0 Å². The first-order valence-electron chi connectivity index (χ1n) is 9.86. The summed E-state index contributed by atoms with van der Waals surface area (Å²) in [4.78, 5) is 6.90. The number of hydrogen-bond donors (Lipinski definition) is 1. The van der Waals surface area contributed by atoms with Crippen molar-refractivity contribution in [3.05, 3.63) is 52.7 Å². The molecular formula is C22H26N4OS. The highest BCUT2D eigenvalue weighted by atomic mass is 32.2. The maximum atomic E-state index is 9.51. The fourth-order valence-electron chi connectivity index (χ4n) is 3.75. The first-order chi connectivity index (χ1) is 13.6. The maximum absolute atomic E-state index is 9.51. The van der Waals surface area contributed by atoms with Crippen LogP contribution < -0.4 is 10.2 Å². The highest BCUT2D eigenvalue weighted by molar-refractivity contribution is 7.99. The van der Waals surface area contributed by atoms with E-state index in [0.29, 0.717) is 5.56 Å². The molecule has 6 heteroatoms. The first-order valence-corrected chi connectivity index (χ1v) is 10.8. The number of hydrogen-bond acceptors (Lipinski definition) is 6. The van der Waals surface area contributed by atoms with Gasteiger partial charge in [-0.3, -0.25) is 5.32 Å². The fourth-order valence-corrected chi connectivity index (χ4v) is 4.72. The minimum atomic E-state index is -0.0752. The molecule has 2 aliphatic rings. The third-order valence-corrected chi connectivity index (χ3v) is 6.49. The van der Waals surface area contributed by atoms with Gasteiger partial charge in [0.05, 0.1) is 11.7 Å². The average Bonchev–Trinajstić information content (AvgIpc) is 3.20. The number of nitrogens with one attached hydrogen (secondary N) is 1. The maximum Gasteiger partial charge on any atom is 0.134 e. The molecule has 1 aliphatic carbocycles. The number of rotatable bonds is 5. The molecule has 0 spiro atoms. The molecule has 1 fully saturated rings. The van der Waals surface area contributed by atoms with Crippen LogP contribution in [0.1, 0.15) is 41.5 Å². The van der Waals surface area contributed by atoms with Gasteiger partial charge in [-0.15, -0.1) is 11.8 Å². The molecule has 1 aromatic heterocycles. The molecule has 2 atom stereocenters. The second-order valence-electron chi connectivity index (χ2n) is 7.61. The van der Waals surface area contributed by atoms with E-state index >= 15 is 0 Å². The number of nitriles is 1. The molecule has 0 saturated carbocycles. The fraction of sp³-hybridized carbons (Fsp3) is 0.455. The highest BCUT2D eigenvalue weighted by Crippen LogP contribution is 2.30. The zero-order valence-electron chi connectivity index (χ0n) is 16.4. The minimum Gasteiger partial charge on any atom is -0.378 e. The van der Waals surface area contributed by atoms with Gasteiger partial charge < -0.3 is 9.64 Å². The Hall–Kier alpha value is -2.07. The molecule has 2 aromatic rings. The Morgan fingerprint density at radius 2 is 2.04 bits per heavy atom. The van der Waals surface area contributed by atoms with Crippen LogP contribution in [0.5, 0.6) is 0 Å². The highest BCUT2D eigenvalue weighted by Gasteiger charge is 2.26. The van der Waals surface area contributed by atoms with Crippen LogP contribution in [0.25, 0.3) is 0 Å². The van der Waals surface area contributed by atoms with E-state index in [2.05, 4.69) is 40.6 Å². The van der Waals surface area contributed by atoms with Crippen molar-refractivity contribution in [2.75, 3.05) is 31.3 Å². The molecule has 0 amide bonds. The number of ether oxygens (including phenoxy) is 1. The van der Waals surface area contributed by atoms with Gasteiger partial charge in [0.15, 0.2) is 0 Å². The summed E-state index contributed by atoms with van der Waals surface area (Å²) in [6.07, 6.45) is 4.50. The number of thioether (sulfide) groups is 1. The van der Waals surface area contributed by atoms with Crippen LogP contribution in [0.2, 0.25) is 0 Å². The number of pyridine rings is 1. The predicted molar refractivity (Wildman–Crippen MR) is 113 cm³/mol. The molecule has 28 heavy (non-hydrogen) atoms. The van der Waals surface area contributed by atoms with E-state index in [9.17, 15) is 5.26 Å². The van der Waals surface area contributed by atoms with Gasteiger partial charge >= 0.3 is 0 Å². The van der Waals surface area contributed by atoms with E-state index in [4.69, 9.17) is 9.72 Å². The number of benzene rings is 1. The third kappa shape index (κ3) is 4.17. The standard InChI is InChI=1S/C22H26N4OS/c1-26(2)18-9-7-15(8-10-18)21-24-13-19(27-21)14-28-22-17(12-23)11-16-5-3-4-6-20(16)25-22/h7-11,19,21,24H,3-6,13-14H2,1-2H3. The topological polar surface area (TPSA) is 61.2 Å². The Bertz CT molecular complexity index is 875. The SMILES string of the molecule is CN(C)c1ccc(C2NCC(CSc3nc4c(cc3C#N)CCCC4)O2)cc1. The number of nitrogens with zero attached hydrogens (tertiary/aromatic N) is 3. The molecule has 1 N–H and O–H groups in total. The summed E-state index contributed by atoms with van der Waals surface area (Å²) in [6.45, 7) is 0.805. The van der Waals surface area contributed by atoms with Gasteiger partial charge in [-0.25, -0.2) is 4.98 Å². The van der Waals surface area contributed by atoms with Crippen LogP contribution in [0, 0.1) is 11.3 Å². The van der Waals surface area contributed by atoms with Crippen LogP contribution in [-0.4, -0.2) is 37.5 Å². The summed E-state index contributed by atoms with van der Waals surface area (Å²) in [5.41, 5.74) is 5.45. The van der Waals surface area contributed by atoms with Gasteiger partial charge in [0.2, 0.25) is 0 Å². The van der Waals surface area contributed by atoms with Crippen LogP contribution in [0.15, 0.2) is 35.4 Å². The molecule has 1 aliphatic heterocycles. The molecule has 5 nitrogen and oxygen atoms in total. The third-order valence-electron chi connectivity index (χ3n) is 5.36. The van der Waals surface area contributed by atoms with Crippen molar-refractivity contribution in [3.8, 4) is 6.07 Å². The molecule has 1 aromatic carbocycles. The van der Waals surface area contributed by atoms with Crippen molar-refractivity contribution < 1.29 is 4.74 Å². The quantitative estimate of drug-likeness (QED) is 0.781. The molecule has 2 unspecified atom stereocenters. The molecule has 0 bridgehead atoms. The lowest BCUT2D eigenvalue weighted by Gasteiger charge is -2.17. The Morgan fingerprint density at radius 1 is 1.25 bits per heavy atom. The smallest absolute Gasteiger partial charge is 0.134 e. The average molecular weight is 395 g/mol. The van der Waals surface area contributed by atoms with Gasteiger partial charge in [-0.2, -0.15) is 5.26 Å². The lowest BCUT2D eigenvalue weighted by atomic mass is 9.95. The zero-order valence-corrected chi connectivity index (χ0v) is 17.3. The normalized spacial score (nSPS) is 21.2. The molecule has 0 radical (unpaired) electrons. The lowest BCUT2D eigenvalue weighted by molar-refractivity contribution is 0.0534. The summed E-state index contributed by atoms with van der Waals surface area (Å²) >= 11 is 1.64. The van der Waals surface area contributed by atoms with Crippen molar-refractivity contribution in [2.24, 2.45) is 0 Å². The Morgan fingerprint density at radius 3 is 2.79 bits per heavy atom. The number of aromatic nitrogens is 1. The van der Waals surface area contributed by atoms with E-state index < -0.39 is 0 Å². The molecule has 2 heterocycles. The number of aryl methyl sites for hydroxylation is 2. The van der Waals surface area contributed by atoms with E-state index in [1.54, 1.807) is 11.8 Å². The minimum absolute atomic E-state index is 0.0752. The first kappa shape index (κ1) is 19.3.